The summed E-state index contributed by atoms with van der Waals surface area (Å²) < 4.78 is 51.5. The summed E-state index contributed by atoms with van der Waals surface area (Å²) in [4.78, 5) is 7.87. The number of rotatable bonds is 7. The molecule has 7 nitrogen and oxygen atoms in total. The molecule has 10 heteroatoms. The van der Waals surface area contributed by atoms with Crippen LogP contribution in [0, 0.1) is 0 Å². The molecule has 0 aliphatic heterocycles. The van der Waals surface area contributed by atoms with Crippen LogP contribution < -0.4 is 25.3 Å². The third-order valence-electron chi connectivity index (χ3n) is 3.27. The summed E-state index contributed by atoms with van der Waals surface area (Å²) >= 11 is 0. The minimum Gasteiger partial charge on any atom is -0.493 e. The third kappa shape index (κ3) is 6.57. The molecule has 0 fully saturated rings. The van der Waals surface area contributed by atoms with Gasteiger partial charge in [0, 0.05) is 24.0 Å². The van der Waals surface area contributed by atoms with Crippen LogP contribution >= 0.6 is 0 Å². The average molecular weight is 384 g/mol. The summed E-state index contributed by atoms with van der Waals surface area (Å²) in [6.07, 6.45) is -3.09. The molecule has 0 amide bonds. The number of nitrogens with two attached hydrogens (primary N) is 1. The van der Waals surface area contributed by atoms with Gasteiger partial charge in [0.1, 0.15) is 0 Å². The lowest BCUT2D eigenvalue weighted by Gasteiger charge is -2.11. The minimum absolute atomic E-state index is 0.122. The highest BCUT2D eigenvalue weighted by Gasteiger charge is 2.28. The maximum atomic E-state index is 12.2. The molecule has 0 spiro atoms. The Kier molecular flexibility index (Phi) is 6.69. The Labute approximate surface area is 154 Å². The molecule has 27 heavy (non-hydrogen) atoms. The van der Waals surface area contributed by atoms with Gasteiger partial charge in [-0.25, -0.2) is 9.98 Å². The molecule has 1 aromatic heterocycles. The van der Waals surface area contributed by atoms with E-state index < -0.39 is 12.8 Å². The van der Waals surface area contributed by atoms with E-state index in [-0.39, 0.29) is 18.4 Å². The van der Waals surface area contributed by atoms with Crippen molar-refractivity contribution >= 4 is 11.6 Å². The van der Waals surface area contributed by atoms with E-state index in [1.54, 1.807) is 24.3 Å². The number of pyridine rings is 1. The summed E-state index contributed by atoms with van der Waals surface area (Å²) in [5.74, 6) is 1.08. The fourth-order valence-electron chi connectivity index (χ4n) is 2.06. The van der Waals surface area contributed by atoms with E-state index in [1.807, 2.05) is 0 Å². The smallest absolute Gasteiger partial charge is 0.422 e. The van der Waals surface area contributed by atoms with Gasteiger partial charge in [-0.15, -0.1) is 0 Å². The summed E-state index contributed by atoms with van der Waals surface area (Å²) in [6.45, 7) is -1.27. The van der Waals surface area contributed by atoms with Crippen molar-refractivity contribution in [2.45, 2.75) is 12.7 Å². The van der Waals surface area contributed by atoms with Gasteiger partial charge in [-0.1, -0.05) is 0 Å². The highest BCUT2D eigenvalue weighted by atomic mass is 19.4. The highest BCUT2D eigenvalue weighted by molar-refractivity contribution is 5.92. The number of hydrogen-bond donors (Lipinski definition) is 2. The van der Waals surface area contributed by atoms with Crippen LogP contribution in [0.2, 0.25) is 0 Å². The Hall–Kier alpha value is -3.17. The first-order valence-corrected chi connectivity index (χ1v) is 7.74. The molecule has 0 atom stereocenters. The molecular formula is C17H19F3N4O3. The zero-order chi connectivity index (χ0) is 19.9. The maximum absolute atomic E-state index is 12.2. The van der Waals surface area contributed by atoms with Gasteiger partial charge in [0.15, 0.2) is 24.1 Å². The van der Waals surface area contributed by atoms with Crippen molar-refractivity contribution in [3.8, 4) is 17.4 Å². The van der Waals surface area contributed by atoms with E-state index in [4.69, 9.17) is 15.2 Å². The average Bonchev–Trinajstić information content (AvgIpc) is 2.64. The molecule has 0 aliphatic carbocycles. The molecule has 0 aliphatic rings. The topological polar surface area (TPSA) is 91.0 Å². The molecule has 0 unspecified atom stereocenters. The first-order chi connectivity index (χ1) is 12.8. The van der Waals surface area contributed by atoms with Crippen LogP contribution in [0.15, 0.2) is 41.5 Å². The number of methoxy groups -OCH3 is 2. The Morgan fingerprint density at radius 3 is 2.56 bits per heavy atom. The molecular weight excluding hydrogens is 365 g/mol. The van der Waals surface area contributed by atoms with Gasteiger partial charge >= 0.3 is 6.18 Å². The van der Waals surface area contributed by atoms with Crippen LogP contribution in [-0.4, -0.2) is 37.9 Å². The van der Waals surface area contributed by atoms with Crippen molar-refractivity contribution in [3.05, 3.63) is 42.1 Å². The number of ether oxygens (including phenoxy) is 3. The monoisotopic (exact) mass is 384 g/mol. The number of nitrogens with one attached hydrogen (secondary N) is 1. The lowest BCUT2D eigenvalue weighted by Crippen LogP contribution is -2.22. The second-order valence-electron chi connectivity index (χ2n) is 5.30. The van der Waals surface area contributed by atoms with Crippen LogP contribution in [0.4, 0.5) is 18.9 Å². The molecule has 146 valence electrons. The van der Waals surface area contributed by atoms with Crippen LogP contribution in [-0.2, 0) is 6.54 Å². The predicted octanol–water partition coefficient (Wildman–Crippen LogP) is 2.97. The van der Waals surface area contributed by atoms with E-state index >= 15 is 0 Å². The molecule has 0 saturated heterocycles. The zero-order valence-corrected chi connectivity index (χ0v) is 14.7. The second-order valence-corrected chi connectivity index (χ2v) is 5.30. The number of alkyl halides is 3. The van der Waals surface area contributed by atoms with Crippen molar-refractivity contribution in [1.29, 1.82) is 0 Å². The Morgan fingerprint density at radius 2 is 1.89 bits per heavy atom. The number of guanidine groups is 1. The number of hydrogen-bond acceptors (Lipinski definition) is 5. The second kappa shape index (κ2) is 8.97. The van der Waals surface area contributed by atoms with E-state index in [0.29, 0.717) is 22.7 Å². The van der Waals surface area contributed by atoms with Crippen molar-refractivity contribution in [3.63, 3.8) is 0 Å². The van der Waals surface area contributed by atoms with Crippen LogP contribution in [0.3, 0.4) is 0 Å². The van der Waals surface area contributed by atoms with Gasteiger partial charge in [-0.2, -0.15) is 13.2 Å². The van der Waals surface area contributed by atoms with E-state index in [1.165, 1.54) is 26.5 Å². The largest absolute Gasteiger partial charge is 0.493 e. The number of benzene rings is 1. The van der Waals surface area contributed by atoms with Gasteiger partial charge < -0.3 is 25.3 Å². The first-order valence-electron chi connectivity index (χ1n) is 7.74. The molecule has 0 radical (unpaired) electrons. The SMILES string of the molecule is COc1ccc(NC(N)=NCc2ccnc(OCC(F)(F)F)c2)cc1OC. The molecule has 2 aromatic rings. The van der Waals surface area contributed by atoms with Gasteiger partial charge in [0.2, 0.25) is 5.88 Å². The standard InChI is InChI=1S/C17H19F3N4O3/c1-25-13-4-3-12(8-14(13)26-2)24-16(21)23-9-11-5-6-22-15(7-11)27-10-17(18,19)20/h3-8H,9-10H2,1-2H3,(H3,21,23,24). The predicted molar refractivity (Wildman–Crippen MR) is 94.3 cm³/mol. The van der Waals surface area contributed by atoms with Crippen molar-refractivity contribution in [1.82, 2.24) is 4.98 Å². The molecule has 1 heterocycles. The number of aromatic nitrogens is 1. The van der Waals surface area contributed by atoms with Crippen molar-refractivity contribution in [2.75, 3.05) is 26.1 Å². The highest BCUT2D eigenvalue weighted by Crippen LogP contribution is 2.29. The minimum atomic E-state index is -4.43. The van der Waals surface area contributed by atoms with E-state index in [2.05, 4.69) is 20.0 Å². The Balaban J connectivity index is 1.99. The normalized spacial score (nSPS) is 11.8. The maximum Gasteiger partial charge on any atom is 0.422 e. The van der Waals surface area contributed by atoms with Crippen LogP contribution in [0.1, 0.15) is 5.56 Å². The van der Waals surface area contributed by atoms with E-state index in [0.717, 1.165) is 0 Å². The van der Waals surface area contributed by atoms with Gasteiger partial charge in [0.05, 0.1) is 20.8 Å². The quantitative estimate of drug-likeness (QED) is 0.563. The zero-order valence-electron chi connectivity index (χ0n) is 14.7. The number of nitrogens with zero attached hydrogens (tertiary/aromatic N) is 2. The summed E-state index contributed by atoms with van der Waals surface area (Å²) in [5, 5.41) is 2.89. The molecule has 2 rings (SSSR count). The Bertz CT molecular complexity index is 797. The lowest BCUT2D eigenvalue weighted by atomic mass is 10.2. The summed E-state index contributed by atoms with van der Waals surface area (Å²) in [7, 11) is 3.04. The van der Waals surface area contributed by atoms with Gasteiger partial charge in [-0.05, 0) is 23.8 Å². The van der Waals surface area contributed by atoms with E-state index in [9.17, 15) is 13.2 Å². The number of aliphatic imine (C=N–C) groups is 1. The van der Waals surface area contributed by atoms with Gasteiger partial charge in [-0.3, -0.25) is 0 Å². The van der Waals surface area contributed by atoms with Gasteiger partial charge in [0.25, 0.3) is 0 Å². The Morgan fingerprint density at radius 1 is 1.15 bits per heavy atom. The fourth-order valence-corrected chi connectivity index (χ4v) is 2.06. The summed E-state index contributed by atoms with van der Waals surface area (Å²) in [5.41, 5.74) is 7.07. The number of halogens is 3. The molecule has 0 bridgehead atoms. The van der Waals surface area contributed by atoms with Crippen molar-refractivity contribution < 1.29 is 27.4 Å². The lowest BCUT2D eigenvalue weighted by molar-refractivity contribution is -0.154. The molecule has 1 aromatic carbocycles. The van der Waals surface area contributed by atoms with Crippen LogP contribution in [0.5, 0.6) is 17.4 Å². The third-order valence-corrected chi connectivity index (χ3v) is 3.27. The van der Waals surface area contributed by atoms with Crippen LogP contribution in [0.25, 0.3) is 0 Å². The molecule has 3 N–H and O–H groups in total. The molecule has 0 saturated carbocycles. The summed E-state index contributed by atoms with van der Waals surface area (Å²) in [6, 6.07) is 8.12. The first kappa shape index (κ1) is 20.1. The number of anilines is 1. The van der Waals surface area contributed by atoms with Crippen molar-refractivity contribution in [2.24, 2.45) is 10.7 Å². The fraction of sp³-hybridized carbons (Fsp3) is 0.294.